The Balaban J connectivity index is 1.45. The normalized spacial score (nSPS) is 26.8. The van der Waals surface area contributed by atoms with E-state index in [9.17, 15) is 4.79 Å². The van der Waals surface area contributed by atoms with Gasteiger partial charge in [-0.15, -0.1) is 11.3 Å². The Morgan fingerprint density at radius 2 is 2.17 bits per heavy atom. The average Bonchev–Trinajstić information content (AvgIpc) is 3.23. The van der Waals surface area contributed by atoms with Crippen molar-refractivity contribution in [3.63, 3.8) is 0 Å². The summed E-state index contributed by atoms with van der Waals surface area (Å²) in [6.45, 7) is 7.56. The number of amides is 1. The quantitative estimate of drug-likeness (QED) is 0.890. The lowest BCUT2D eigenvalue weighted by atomic mass is 9.71. The number of carbonyl (C=O) groups is 1. The summed E-state index contributed by atoms with van der Waals surface area (Å²) >= 11 is 1.87. The molecule has 0 aromatic carbocycles. The Kier molecular flexibility index (Phi) is 4.67. The van der Waals surface area contributed by atoms with Crippen molar-refractivity contribution in [2.45, 2.75) is 39.2 Å². The molecular formula is C19H28N2O2S. The van der Waals surface area contributed by atoms with Gasteiger partial charge in [-0.3, -0.25) is 9.69 Å². The van der Waals surface area contributed by atoms with Gasteiger partial charge in [0.1, 0.15) is 0 Å². The van der Waals surface area contributed by atoms with Gasteiger partial charge in [0.2, 0.25) is 5.91 Å². The van der Waals surface area contributed by atoms with Crippen molar-refractivity contribution in [1.82, 2.24) is 10.2 Å². The van der Waals surface area contributed by atoms with Gasteiger partial charge >= 0.3 is 0 Å². The highest BCUT2D eigenvalue weighted by Crippen LogP contribution is 2.45. The minimum absolute atomic E-state index is 0.123. The monoisotopic (exact) mass is 348 g/mol. The Hall–Kier alpha value is -0.910. The van der Waals surface area contributed by atoms with Crippen LogP contribution in [0.3, 0.4) is 0 Å². The van der Waals surface area contributed by atoms with Crippen LogP contribution in [0.1, 0.15) is 35.4 Å². The summed E-state index contributed by atoms with van der Waals surface area (Å²) in [5.74, 6) is 1.15. The fraction of sp³-hybridized carbons (Fsp3) is 0.737. The van der Waals surface area contributed by atoms with Crippen LogP contribution < -0.4 is 5.32 Å². The molecule has 1 spiro atoms. The molecule has 132 valence electrons. The number of likely N-dealkylation sites (tertiary alicyclic amines) is 1. The minimum Gasteiger partial charge on any atom is -0.381 e. The van der Waals surface area contributed by atoms with Gasteiger partial charge in [-0.25, -0.2) is 0 Å². The van der Waals surface area contributed by atoms with Crippen LogP contribution in [0.15, 0.2) is 12.1 Å². The number of aryl methyl sites for hydroxylation is 1. The molecule has 1 aromatic rings. The lowest BCUT2D eigenvalue weighted by Crippen LogP contribution is -2.44. The highest BCUT2D eigenvalue weighted by molar-refractivity contribution is 7.11. The van der Waals surface area contributed by atoms with Crippen molar-refractivity contribution in [3.8, 4) is 0 Å². The standard InChI is InChI=1S/C19H28N2O2S/c1-14-2-5-16(24-14)11-21-12-17(18(22)20-10-15-3-4-15)19(13-21)6-8-23-9-7-19/h2,5,15,17H,3-4,6-13H2,1H3,(H,20,22)/t17-/m0/s1. The summed E-state index contributed by atoms with van der Waals surface area (Å²) in [5.41, 5.74) is 0.123. The zero-order valence-electron chi connectivity index (χ0n) is 14.6. The van der Waals surface area contributed by atoms with Crippen LogP contribution in [0.4, 0.5) is 0 Å². The van der Waals surface area contributed by atoms with E-state index in [1.807, 2.05) is 11.3 Å². The molecular weight excluding hydrogens is 320 g/mol. The van der Waals surface area contributed by atoms with Crippen LogP contribution in [-0.2, 0) is 16.1 Å². The number of rotatable bonds is 5. The SMILES string of the molecule is Cc1ccc(CN2C[C@@H](C(=O)NCC3CC3)C3(CCOCC3)C2)s1. The van der Waals surface area contributed by atoms with Gasteiger partial charge in [0.25, 0.3) is 0 Å². The summed E-state index contributed by atoms with van der Waals surface area (Å²) in [6.07, 6.45) is 4.62. The summed E-state index contributed by atoms with van der Waals surface area (Å²) in [4.78, 5) is 18.2. The minimum atomic E-state index is 0.123. The van der Waals surface area contributed by atoms with E-state index in [4.69, 9.17) is 4.74 Å². The Morgan fingerprint density at radius 3 is 2.83 bits per heavy atom. The van der Waals surface area contributed by atoms with Gasteiger partial charge in [0, 0.05) is 54.6 Å². The number of carbonyl (C=O) groups excluding carboxylic acids is 1. The fourth-order valence-corrected chi connectivity index (χ4v) is 5.25. The second kappa shape index (κ2) is 6.77. The molecule has 0 unspecified atom stereocenters. The van der Waals surface area contributed by atoms with E-state index in [1.54, 1.807) is 0 Å². The number of hydrogen-bond acceptors (Lipinski definition) is 4. The molecule has 3 fully saturated rings. The van der Waals surface area contributed by atoms with E-state index in [-0.39, 0.29) is 17.2 Å². The molecule has 1 aliphatic carbocycles. The molecule has 4 nitrogen and oxygen atoms in total. The number of nitrogens with zero attached hydrogens (tertiary/aromatic N) is 1. The van der Waals surface area contributed by atoms with Gasteiger partial charge in [0.05, 0.1) is 5.92 Å². The topological polar surface area (TPSA) is 41.6 Å². The predicted molar refractivity (Wildman–Crippen MR) is 96.0 cm³/mol. The third-order valence-corrected chi connectivity index (χ3v) is 6.95. The van der Waals surface area contributed by atoms with Crippen molar-refractivity contribution < 1.29 is 9.53 Å². The molecule has 1 aromatic heterocycles. The zero-order chi connectivity index (χ0) is 16.6. The summed E-state index contributed by atoms with van der Waals surface area (Å²) in [7, 11) is 0. The first kappa shape index (κ1) is 16.6. The van der Waals surface area contributed by atoms with E-state index in [2.05, 4.69) is 29.3 Å². The molecule has 5 heteroatoms. The number of nitrogens with one attached hydrogen (secondary N) is 1. The maximum absolute atomic E-state index is 12.9. The van der Waals surface area contributed by atoms with Crippen LogP contribution in [-0.4, -0.2) is 43.7 Å². The summed E-state index contributed by atoms with van der Waals surface area (Å²) < 4.78 is 5.60. The Morgan fingerprint density at radius 1 is 1.38 bits per heavy atom. The van der Waals surface area contributed by atoms with Gasteiger partial charge in [-0.1, -0.05) is 0 Å². The molecule has 1 saturated carbocycles. The van der Waals surface area contributed by atoms with Gasteiger partial charge in [0.15, 0.2) is 0 Å². The number of hydrogen-bond donors (Lipinski definition) is 1. The first-order valence-electron chi connectivity index (χ1n) is 9.28. The maximum Gasteiger partial charge on any atom is 0.225 e. The highest BCUT2D eigenvalue weighted by atomic mass is 32.1. The molecule has 0 bridgehead atoms. The third kappa shape index (κ3) is 3.53. The van der Waals surface area contributed by atoms with Gasteiger partial charge in [-0.05, 0) is 50.7 Å². The maximum atomic E-state index is 12.9. The lowest BCUT2D eigenvalue weighted by molar-refractivity contribution is -0.129. The Bertz CT molecular complexity index is 590. The van der Waals surface area contributed by atoms with Crippen LogP contribution in [0.25, 0.3) is 0 Å². The Labute approximate surface area is 148 Å². The molecule has 3 heterocycles. The van der Waals surface area contributed by atoms with Crippen LogP contribution in [0.5, 0.6) is 0 Å². The van der Waals surface area contributed by atoms with E-state index in [0.29, 0.717) is 0 Å². The van der Waals surface area contributed by atoms with Crippen LogP contribution in [0, 0.1) is 24.2 Å². The second-order valence-corrected chi connectivity index (χ2v) is 9.27. The van der Waals surface area contributed by atoms with Crippen molar-refractivity contribution in [2.75, 3.05) is 32.8 Å². The second-order valence-electron chi connectivity index (χ2n) is 7.90. The lowest BCUT2D eigenvalue weighted by Gasteiger charge is -2.37. The molecule has 1 atom stereocenters. The first-order chi connectivity index (χ1) is 11.6. The predicted octanol–water partition coefficient (Wildman–Crippen LogP) is 2.81. The van der Waals surface area contributed by atoms with Gasteiger partial charge in [-0.2, -0.15) is 0 Å². The van der Waals surface area contributed by atoms with Crippen LogP contribution in [0.2, 0.25) is 0 Å². The van der Waals surface area contributed by atoms with Crippen molar-refractivity contribution in [1.29, 1.82) is 0 Å². The summed E-state index contributed by atoms with van der Waals surface area (Å²) in [6, 6.07) is 4.43. The molecule has 1 N–H and O–H groups in total. The zero-order valence-corrected chi connectivity index (χ0v) is 15.4. The largest absolute Gasteiger partial charge is 0.381 e. The third-order valence-electron chi connectivity index (χ3n) is 5.96. The van der Waals surface area contributed by atoms with E-state index >= 15 is 0 Å². The van der Waals surface area contributed by atoms with E-state index < -0.39 is 0 Å². The molecule has 2 aliphatic heterocycles. The van der Waals surface area contributed by atoms with E-state index in [1.165, 1.54) is 22.6 Å². The van der Waals surface area contributed by atoms with Crippen LogP contribution >= 0.6 is 11.3 Å². The van der Waals surface area contributed by atoms with E-state index in [0.717, 1.165) is 58.2 Å². The van der Waals surface area contributed by atoms with Crippen molar-refractivity contribution >= 4 is 17.2 Å². The number of thiophene rings is 1. The molecule has 24 heavy (non-hydrogen) atoms. The molecule has 1 amide bonds. The fourth-order valence-electron chi connectivity index (χ4n) is 4.32. The van der Waals surface area contributed by atoms with Crippen molar-refractivity contribution in [3.05, 3.63) is 21.9 Å². The molecule has 3 aliphatic rings. The average molecular weight is 349 g/mol. The summed E-state index contributed by atoms with van der Waals surface area (Å²) in [5, 5.41) is 3.24. The van der Waals surface area contributed by atoms with Crippen molar-refractivity contribution in [2.24, 2.45) is 17.3 Å². The smallest absolute Gasteiger partial charge is 0.225 e. The van der Waals surface area contributed by atoms with Gasteiger partial charge < -0.3 is 10.1 Å². The molecule has 4 rings (SSSR count). The first-order valence-corrected chi connectivity index (χ1v) is 10.1. The molecule has 0 radical (unpaired) electrons. The highest BCUT2D eigenvalue weighted by Gasteiger charge is 2.50. The molecule has 2 saturated heterocycles. The number of ether oxygens (including phenoxy) is 1.